The van der Waals surface area contributed by atoms with Crippen molar-refractivity contribution in [2.45, 2.75) is 13.0 Å². The quantitative estimate of drug-likeness (QED) is 0.663. The topological polar surface area (TPSA) is 89.3 Å². The summed E-state index contributed by atoms with van der Waals surface area (Å²) in [6, 6.07) is 3.89. The Kier molecular flexibility index (Phi) is 4.53. The average Bonchev–Trinajstić information content (AvgIpc) is 2.17. The Morgan fingerprint density at radius 3 is 2.61 bits per heavy atom. The highest BCUT2D eigenvalue weighted by Crippen LogP contribution is 2.27. The standard InChI is InChI=1S/C10H13ClN2O4S/c1-7(6-18(2,16)17)12-8-3-4-9(11)10(5-8)13(14)15/h3-5,7,12H,6H2,1-2H3. The monoisotopic (exact) mass is 292 g/mol. The van der Waals surface area contributed by atoms with Crippen LogP contribution in [0.15, 0.2) is 18.2 Å². The Morgan fingerprint density at radius 1 is 1.50 bits per heavy atom. The molecular formula is C10H13ClN2O4S. The predicted octanol–water partition coefficient (Wildman–Crippen LogP) is 2.09. The summed E-state index contributed by atoms with van der Waals surface area (Å²) < 4.78 is 22.2. The number of hydrogen-bond acceptors (Lipinski definition) is 5. The van der Waals surface area contributed by atoms with Crippen LogP contribution in [0, 0.1) is 10.1 Å². The zero-order chi connectivity index (χ0) is 13.9. The number of hydrogen-bond donors (Lipinski definition) is 1. The molecule has 100 valence electrons. The van der Waals surface area contributed by atoms with Crippen molar-refractivity contribution in [2.24, 2.45) is 0 Å². The molecule has 0 saturated carbocycles. The van der Waals surface area contributed by atoms with E-state index >= 15 is 0 Å². The van der Waals surface area contributed by atoms with Crippen LogP contribution >= 0.6 is 11.6 Å². The van der Waals surface area contributed by atoms with Crippen LogP contribution in [0.4, 0.5) is 11.4 Å². The maximum atomic E-state index is 11.1. The molecule has 1 unspecified atom stereocenters. The van der Waals surface area contributed by atoms with Gasteiger partial charge in [-0.3, -0.25) is 10.1 Å². The zero-order valence-corrected chi connectivity index (χ0v) is 11.5. The first-order chi connectivity index (χ1) is 8.19. The molecule has 1 aromatic rings. The number of sulfone groups is 1. The summed E-state index contributed by atoms with van der Waals surface area (Å²) >= 11 is 5.67. The third kappa shape index (κ3) is 4.50. The molecule has 0 spiro atoms. The lowest BCUT2D eigenvalue weighted by Crippen LogP contribution is -2.24. The lowest BCUT2D eigenvalue weighted by atomic mass is 10.2. The van der Waals surface area contributed by atoms with Gasteiger partial charge < -0.3 is 5.32 Å². The maximum Gasteiger partial charge on any atom is 0.289 e. The van der Waals surface area contributed by atoms with E-state index in [0.717, 1.165) is 6.26 Å². The molecule has 0 aliphatic heterocycles. The summed E-state index contributed by atoms with van der Waals surface area (Å²) in [5.41, 5.74) is 0.246. The molecule has 0 heterocycles. The Balaban J connectivity index is 2.86. The molecular weight excluding hydrogens is 280 g/mol. The lowest BCUT2D eigenvalue weighted by molar-refractivity contribution is -0.384. The predicted molar refractivity (Wildman–Crippen MR) is 70.9 cm³/mol. The van der Waals surface area contributed by atoms with Crippen LogP contribution in [0.5, 0.6) is 0 Å². The third-order valence-electron chi connectivity index (χ3n) is 2.11. The highest BCUT2D eigenvalue weighted by molar-refractivity contribution is 7.90. The van der Waals surface area contributed by atoms with Crippen molar-refractivity contribution < 1.29 is 13.3 Å². The SMILES string of the molecule is CC(CS(C)(=O)=O)Nc1ccc(Cl)c([N+](=O)[O-])c1. The molecule has 0 bridgehead atoms. The fourth-order valence-electron chi connectivity index (χ4n) is 1.52. The van der Waals surface area contributed by atoms with E-state index in [1.807, 2.05) is 0 Å². The van der Waals surface area contributed by atoms with Crippen molar-refractivity contribution in [3.63, 3.8) is 0 Å². The number of nitrogens with zero attached hydrogens (tertiary/aromatic N) is 1. The first-order valence-electron chi connectivity index (χ1n) is 5.07. The van der Waals surface area contributed by atoms with Gasteiger partial charge in [0, 0.05) is 24.1 Å². The van der Waals surface area contributed by atoms with E-state index in [0.29, 0.717) is 5.69 Å². The molecule has 0 aromatic heterocycles. The van der Waals surface area contributed by atoms with Crippen molar-refractivity contribution in [2.75, 3.05) is 17.3 Å². The minimum Gasteiger partial charge on any atom is -0.381 e. The van der Waals surface area contributed by atoms with Gasteiger partial charge in [0.2, 0.25) is 0 Å². The second-order valence-corrected chi connectivity index (χ2v) is 6.65. The highest BCUT2D eigenvalue weighted by Gasteiger charge is 2.15. The van der Waals surface area contributed by atoms with Crippen LogP contribution < -0.4 is 5.32 Å². The number of nitro benzene ring substituents is 1. The van der Waals surface area contributed by atoms with Crippen molar-refractivity contribution in [1.29, 1.82) is 0 Å². The number of rotatable bonds is 5. The van der Waals surface area contributed by atoms with Gasteiger partial charge in [-0.05, 0) is 19.1 Å². The summed E-state index contributed by atoms with van der Waals surface area (Å²) in [4.78, 5) is 10.1. The number of halogens is 1. The number of nitro groups is 1. The van der Waals surface area contributed by atoms with Gasteiger partial charge in [-0.2, -0.15) is 0 Å². The van der Waals surface area contributed by atoms with E-state index in [-0.39, 0.29) is 22.5 Å². The molecule has 8 heteroatoms. The van der Waals surface area contributed by atoms with Crippen LogP contribution in [-0.4, -0.2) is 31.4 Å². The second kappa shape index (κ2) is 5.53. The van der Waals surface area contributed by atoms with Gasteiger partial charge in [0.25, 0.3) is 5.69 Å². The largest absolute Gasteiger partial charge is 0.381 e. The molecule has 0 saturated heterocycles. The van der Waals surface area contributed by atoms with Gasteiger partial charge in [0.15, 0.2) is 0 Å². The van der Waals surface area contributed by atoms with E-state index in [1.165, 1.54) is 12.1 Å². The van der Waals surface area contributed by atoms with Crippen LogP contribution in [-0.2, 0) is 9.84 Å². The van der Waals surface area contributed by atoms with Crippen LogP contribution in [0.25, 0.3) is 0 Å². The van der Waals surface area contributed by atoms with Crippen molar-refractivity contribution in [3.05, 3.63) is 33.3 Å². The molecule has 0 aliphatic rings. The minimum atomic E-state index is -3.10. The molecule has 0 aliphatic carbocycles. The smallest absolute Gasteiger partial charge is 0.289 e. The first-order valence-corrected chi connectivity index (χ1v) is 7.51. The summed E-state index contributed by atoms with van der Waals surface area (Å²) in [5, 5.41) is 13.6. The van der Waals surface area contributed by atoms with Crippen LogP contribution in [0.3, 0.4) is 0 Å². The van der Waals surface area contributed by atoms with E-state index in [1.54, 1.807) is 13.0 Å². The first kappa shape index (κ1) is 14.7. The Bertz CT molecular complexity index is 559. The normalized spacial score (nSPS) is 13.1. The van der Waals surface area contributed by atoms with E-state index in [2.05, 4.69) is 5.32 Å². The van der Waals surface area contributed by atoms with Crippen LogP contribution in [0.2, 0.25) is 5.02 Å². The Hall–Kier alpha value is -1.34. The Morgan fingerprint density at radius 2 is 2.11 bits per heavy atom. The van der Waals surface area contributed by atoms with Gasteiger partial charge in [-0.15, -0.1) is 0 Å². The minimum absolute atomic E-state index is 0.0429. The molecule has 6 nitrogen and oxygen atoms in total. The highest BCUT2D eigenvalue weighted by atomic mass is 35.5. The maximum absolute atomic E-state index is 11.1. The summed E-state index contributed by atoms with van der Waals surface area (Å²) in [6.45, 7) is 1.68. The van der Waals surface area contributed by atoms with Crippen LogP contribution in [0.1, 0.15) is 6.92 Å². The molecule has 1 aromatic carbocycles. The third-order valence-corrected chi connectivity index (χ3v) is 3.53. The summed E-state index contributed by atoms with van der Waals surface area (Å²) in [5.74, 6) is -0.0522. The van der Waals surface area contributed by atoms with Gasteiger partial charge in [-0.1, -0.05) is 11.6 Å². The second-order valence-electron chi connectivity index (χ2n) is 4.06. The number of nitrogens with one attached hydrogen (secondary N) is 1. The van der Waals surface area contributed by atoms with Crippen molar-refractivity contribution >= 4 is 32.8 Å². The average molecular weight is 293 g/mol. The number of benzene rings is 1. The molecule has 1 atom stereocenters. The molecule has 0 amide bonds. The summed E-state index contributed by atoms with van der Waals surface area (Å²) in [6.07, 6.45) is 1.13. The number of anilines is 1. The van der Waals surface area contributed by atoms with E-state index in [4.69, 9.17) is 11.6 Å². The van der Waals surface area contributed by atoms with Crippen molar-refractivity contribution in [1.82, 2.24) is 0 Å². The van der Waals surface area contributed by atoms with E-state index < -0.39 is 14.8 Å². The fraction of sp³-hybridized carbons (Fsp3) is 0.400. The molecule has 0 fully saturated rings. The fourth-order valence-corrected chi connectivity index (χ4v) is 2.70. The zero-order valence-electron chi connectivity index (χ0n) is 9.88. The van der Waals surface area contributed by atoms with Gasteiger partial charge in [-0.25, -0.2) is 8.42 Å². The van der Waals surface area contributed by atoms with Gasteiger partial charge in [0.05, 0.1) is 10.7 Å². The molecule has 1 N–H and O–H groups in total. The lowest BCUT2D eigenvalue weighted by Gasteiger charge is -2.14. The van der Waals surface area contributed by atoms with Crippen molar-refractivity contribution in [3.8, 4) is 0 Å². The molecule has 0 radical (unpaired) electrons. The Labute approximate surface area is 110 Å². The van der Waals surface area contributed by atoms with E-state index in [9.17, 15) is 18.5 Å². The molecule has 18 heavy (non-hydrogen) atoms. The van der Waals surface area contributed by atoms with Gasteiger partial charge in [0.1, 0.15) is 14.9 Å². The molecule has 1 rings (SSSR count). The summed E-state index contributed by atoms with van der Waals surface area (Å²) in [7, 11) is -3.10. The van der Waals surface area contributed by atoms with Gasteiger partial charge >= 0.3 is 0 Å².